The molecule has 0 bridgehead atoms. The number of nitrogens with one attached hydrogen (secondary N) is 1. The highest BCUT2D eigenvalue weighted by Crippen LogP contribution is 2.18. The first-order chi connectivity index (χ1) is 8.33. The molecule has 6 heteroatoms. The number of hydrogen-bond acceptors (Lipinski definition) is 4. The van der Waals surface area contributed by atoms with Crippen LogP contribution in [0.5, 0.6) is 0 Å². The molecule has 1 unspecified atom stereocenters. The monoisotopic (exact) mass is 274 g/mol. The van der Waals surface area contributed by atoms with E-state index >= 15 is 0 Å². The lowest BCUT2D eigenvalue weighted by atomic mass is 10.1. The Morgan fingerprint density at radius 2 is 2.06 bits per heavy atom. The van der Waals surface area contributed by atoms with Gasteiger partial charge in [0, 0.05) is 6.54 Å². The van der Waals surface area contributed by atoms with Crippen LogP contribution in [0.15, 0.2) is 0 Å². The zero-order chi connectivity index (χ0) is 13.8. The summed E-state index contributed by atoms with van der Waals surface area (Å²) in [7, 11) is 0. The molecule has 0 spiro atoms. The Bertz CT molecular complexity index is 315. The highest BCUT2D eigenvalue weighted by Gasteiger charge is 2.30. The van der Waals surface area contributed by atoms with Gasteiger partial charge in [0.05, 0.1) is 5.75 Å². The molecule has 0 aromatic carbocycles. The van der Waals surface area contributed by atoms with Crippen molar-refractivity contribution < 1.29 is 14.3 Å². The summed E-state index contributed by atoms with van der Waals surface area (Å²) in [6, 6.07) is 0. The van der Waals surface area contributed by atoms with Crippen LogP contribution in [0, 0.1) is 0 Å². The number of hydrogen-bond donors (Lipinski definition) is 2. The molecule has 18 heavy (non-hydrogen) atoms. The van der Waals surface area contributed by atoms with Gasteiger partial charge in [0.2, 0.25) is 5.91 Å². The fourth-order valence-electron chi connectivity index (χ4n) is 1.85. The Kier molecular flexibility index (Phi) is 5.31. The van der Waals surface area contributed by atoms with Crippen LogP contribution in [-0.4, -0.2) is 41.0 Å². The topological polar surface area (TPSA) is 58.6 Å². The number of amides is 2. The van der Waals surface area contributed by atoms with Crippen LogP contribution in [0.4, 0.5) is 4.79 Å². The molecule has 1 heterocycles. The van der Waals surface area contributed by atoms with Crippen molar-refractivity contribution in [3.05, 3.63) is 0 Å². The summed E-state index contributed by atoms with van der Waals surface area (Å²) >= 11 is 3.92. The van der Waals surface area contributed by atoms with Crippen molar-refractivity contribution in [2.75, 3.05) is 12.3 Å². The number of ether oxygens (including phenoxy) is 1. The molecule has 0 radical (unpaired) electrons. The number of carbonyl (C=O) groups is 2. The van der Waals surface area contributed by atoms with Crippen LogP contribution in [0.3, 0.4) is 0 Å². The van der Waals surface area contributed by atoms with E-state index in [0.29, 0.717) is 6.54 Å². The Morgan fingerprint density at radius 3 is 2.61 bits per heavy atom. The number of thiol groups is 1. The zero-order valence-corrected chi connectivity index (χ0v) is 12.1. The van der Waals surface area contributed by atoms with Crippen molar-refractivity contribution in [2.45, 2.75) is 51.8 Å². The molecule has 2 amide bonds. The quantitative estimate of drug-likeness (QED) is 0.755. The van der Waals surface area contributed by atoms with E-state index in [4.69, 9.17) is 4.74 Å². The molecule has 0 saturated carbocycles. The number of carbonyl (C=O) groups excluding carboxylic acids is 2. The largest absolute Gasteiger partial charge is 0.444 e. The normalized spacial score (nSPS) is 20.4. The van der Waals surface area contributed by atoms with E-state index < -0.39 is 5.60 Å². The Balaban J connectivity index is 2.64. The maximum absolute atomic E-state index is 12.0. The van der Waals surface area contributed by atoms with Crippen molar-refractivity contribution in [3.8, 4) is 0 Å². The van der Waals surface area contributed by atoms with Gasteiger partial charge in [0.15, 0.2) is 0 Å². The summed E-state index contributed by atoms with van der Waals surface area (Å²) in [5, 5.41) is 2.80. The Morgan fingerprint density at radius 1 is 1.39 bits per heavy atom. The summed E-state index contributed by atoms with van der Waals surface area (Å²) in [6.45, 7) is 6.11. The molecule has 5 nitrogen and oxygen atoms in total. The molecule has 1 aliphatic heterocycles. The number of nitrogens with zero attached hydrogens (tertiary/aromatic N) is 1. The molecule has 1 aliphatic rings. The summed E-state index contributed by atoms with van der Waals surface area (Å²) in [6.07, 6.45) is 2.06. The summed E-state index contributed by atoms with van der Waals surface area (Å²) in [4.78, 5) is 25.0. The van der Waals surface area contributed by atoms with Gasteiger partial charge in [-0.1, -0.05) is 0 Å². The minimum Gasteiger partial charge on any atom is -0.444 e. The van der Waals surface area contributed by atoms with Crippen LogP contribution in [0.25, 0.3) is 0 Å². The predicted octanol–water partition coefficient (Wildman–Crippen LogP) is 1.78. The van der Waals surface area contributed by atoms with Crippen molar-refractivity contribution in [1.82, 2.24) is 10.2 Å². The highest BCUT2D eigenvalue weighted by atomic mass is 32.1. The maximum atomic E-state index is 12.0. The molecule has 104 valence electrons. The van der Waals surface area contributed by atoms with Gasteiger partial charge < -0.3 is 10.1 Å². The maximum Gasteiger partial charge on any atom is 0.411 e. The van der Waals surface area contributed by atoms with E-state index in [0.717, 1.165) is 19.3 Å². The Hall–Kier alpha value is -0.910. The molecule has 1 fully saturated rings. The molecule has 0 aliphatic carbocycles. The molecule has 0 aromatic rings. The second kappa shape index (κ2) is 6.31. The first-order valence-corrected chi connectivity index (χ1v) is 6.86. The lowest BCUT2D eigenvalue weighted by molar-refractivity contribution is -0.120. The standard InChI is InChI=1S/C12H22N2O3S/c1-12(2,3)17-11(16)14-7-5-4-6-9(14)13-10(15)8-18/h9,18H,4-8H2,1-3H3,(H,13,15). The summed E-state index contributed by atoms with van der Waals surface area (Å²) < 4.78 is 5.34. The second-order valence-electron chi connectivity index (χ2n) is 5.41. The van der Waals surface area contributed by atoms with Crippen molar-refractivity contribution in [1.29, 1.82) is 0 Å². The number of piperidine rings is 1. The number of likely N-dealkylation sites (tertiary alicyclic amines) is 1. The van der Waals surface area contributed by atoms with E-state index in [1.807, 2.05) is 20.8 Å². The molecule has 1 atom stereocenters. The minimum atomic E-state index is -0.521. The third-order valence-corrected chi connectivity index (χ3v) is 2.89. The summed E-state index contributed by atoms with van der Waals surface area (Å²) in [5.74, 6) is -0.0441. The van der Waals surface area contributed by atoms with Gasteiger partial charge in [-0.25, -0.2) is 4.79 Å². The summed E-state index contributed by atoms with van der Waals surface area (Å²) in [5.41, 5.74) is -0.521. The van der Waals surface area contributed by atoms with Crippen LogP contribution < -0.4 is 5.32 Å². The Labute approximate surface area is 114 Å². The average Bonchev–Trinajstić information content (AvgIpc) is 2.27. The van der Waals surface area contributed by atoms with Gasteiger partial charge in [-0.2, -0.15) is 12.6 Å². The van der Waals surface area contributed by atoms with Gasteiger partial charge in [0.1, 0.15) is 11.8 Å². The van der Waals surface area contributed by atoms with Crippen molar-refractivity contribution >= 4 is 24.6 Å². The third-order valence-electron chi connectivity index (χ3n) is 2.60. The van der Waals surface area contributed by atoms with Crippen molar-refractivity contribution in [3.63, 3.8) is 0 Å². The first-order valence-electron chi connectivity index (χ1n) is 6.23. The SMILES string of the molecule is CC(C)(C)OC(=O)N1CCCCC1NC(=O)CS. The van der Waals surface area contributed by atoms with Crippen LogP contribution in [0.2, 0.25) is 0 Å². The predicted molar refractivity (Wildman–Crippen MR) is 72.6 cm³/mol. The lowest BCUT2D eigenvalue weighted by Gasteiger charge is -2.36. The lowest BCUT2D eigenvalue weighted by Crippen LogP contribution is -2.54. The highest BCUT2D eigenvalue weighted by molar-refractivity contribution is 7.81. The third kappa shape index (κ3) is 4.76. The van der Waals surface area contributed by atoms with E-state index in [-0.39, 0.29) is 23.9 Å². The van der Waals surface area contributed by atoms with E-state index in [1.54, 1.807) is 4.90 Å². The van der Waals surface area contributed by atoms with Gasteiger partial charge in [-0.05, 0) is 40.0 Å². The van der Waals surface area contributed by atoms with Crippen molar-refractivity contribution in [2.24, 2.45) is 0 Å². The van der Waals surface area contributed by atoms with Crippen LogP contribution in [-0.2, 0) is 9.53 Å². The zero-order valence-electron chi connectivity index (χ0n) is 11.2. The molecule has 1 N–H and O–H groups in total. The van der Waals surface area contributed by atoms with Crippen LogP contribution in [0.1, 0.15) is 40.0 Å². The molecule has 1 saturated heterocycles. The molecular formula is C12H22N2O3S. The average molecular weight is 274 g/mol. The second-order valence-corrected chi connectivity index (χ2v) is 5.73. The van der Waals surface area contributed by atoms with E-state index in [2.05, 4.69) is 17.9 Å². The molecule has 0 aromatic heterocycles. The van der Waals surface area contributed by atoms with Gasteiger partial charge in [0.25, 0.3) is 0 Å². The minimum absolute atomic E-state index is 0.124. The first kappa shape index (κ1) is 15.1. The molecular weight excluding hydrogens is 252 g/mol. The fourth-order valence-corrected chi connectivity index (χ4v) is 1.94. The smallest absolute Gasteiger partial charge is 0.411 e. The fraction of sp³-hybridized carbons (Fsp3) is 0.833. The molecule has 1 rings (SSSR count). The van der Waals surface area contributed by atoms with Crippen LogP contribution >= 0.6 is 12.6 Å². The van der Waals surface area contributed by atoms with E-state index in [1.165, 1.54) is 0 Å². The van der Waals surface area contributed by atoms with E-state index in [9.17, 15) is 9.59 Å². The number of rotatable bonds is 2. The van der Waals surface area contributed by atoms with Gasteiger partial charge in [-0.3, -0.25) is 9.69 Å². The van der Waals surface area contributed by atoms with Gasteiger partial charge >= 0.3 is 6.09 Å². The van der Waals surface area contributed by atoms with Gasteiger partial charge in [-0.15, -0.1) is 0 Å².